The van der Waals surface area contributed by atoms with Crippen LogP contribution in [0.15, 0.2) is 9.85 Å². The van der Waals surface area contributed by atoms with Crippen molar-refractivity contribution in [1.29, 1.82) is 0 Å². The SMILES string of the molecule is CCCc1nc(-c2nc(C)cs2)nc(NCC)c1Br. The van der Waals surface area contributed by atoms with Crippen molar-refractivity contribution in [3.05, 3.63) is 21.2 Å². The lowest BCUT2D eigenvalue weighted by Crippen LogP contribution is -2.06. The lowest BCUT2D eigenvalue weighted by Gasteiger charge is -2.10. The third-order valence-corrected chi connectivity index (χ3v) is 4.35. The Labute approximate surface area is 125 Å². The van der Waals surface area contributed by atoms with E-state index in [4.69, 9.17) is 0 Å². The standard InChI is InChI=1S/C13H17BrN4S/c1-4-6-9-10(14)11(15-5-2)18-12(17-9)13-16-8(3)7-19-13/h7H,4-6H2,1-3H3,(H,15,17,18). The highest BCUT2D eigenvalue weighted by atomic mass is 79.9. The average molecular weight is 341 g/mol. The van der Waals surface area contributed by atoms with Crippen LogP contribution in [0.1, 0.15) is 31.7 Å². The maximum atomic E-state index is 4.64. The minimum absolute atomic E-state index is 0.709. The van der Waals surface area contributed by atoms with E-state index in [-0.39, 0.29) is 0 Å². The van der Waals surface area contributed by atoms with Crippen molar-refractivity contribution >= 4 is 33.1 Å². The Morgan fingerprint density at radius 3 is 2.63 bits per heavy atom. The Hall–Kier alpha value is -1.01. The number of rotatable bonds is 5. The molecule has 0 bridgehead atoms. The van der Waals surface area contributed by atoms with Crippen molar-refractivity contribution in [1.82, 2.24) is 15.0 Å². The molecular formula is C13H17BrN4S. The highest BCUT2D eigenvalue weighted by molar-refractivity contribution is 9.10. The normalized spacial score (nSPS) is 10.7. The van der Waals surface area contributed by atoms with E-state index in [2.05, 4.69) is 50.0 Å². The maximum Gasteiger partial charge on any atom is 0.191 e. The zero-order chi connectivity index (χ0) is 13.8. The van der Waals surface area contributed by atoms with Crippen LogP contribution < -0.4 is 5.32 Å². The van der Waals surface area contributed by atoms with Crippen LogP contribution in [0.25, 0.3) is 10.8 Å². The van der Waals surface area contributed by atoms with Crippen molar-refractivity contribution in [2.24, 2.45) is 0 Å². The third kappa shape index (κ3) is 3.30. The summed E-state index contributed by atoms with van der Waals surface area (Å²) in [6, 6.07) is 0. The molecule has 0 amide bonds. The molecule has 0 aromatic carbocycles. The Bertz CT molecular complexity index is 541. The quantitative estimate of drug-likeness (QED) is 0.891. The second kappa shape index (κ2) is 6.43. The molecule has 2 heterocycles. The summed E-state index contributed by atoms with van der Waals surface area (Å²) in [5, 5.41) is 6.17. The molecule has 19 heavy (non-hydrogen) atoms. The van der Waals surface area contributed by atoms with Gasteiger partial charge in [0.2, 0.25) is 0 Å². The molecule has 0 radical (unpaired) electrons. The van der Waals surface area contributed by atoms with E-state index >= 15 is 0 Å². The zero-order valence-electron chi connectivity index (χ0n) is 11.3. The number of aromatic nitrogens is 3. The number of thiazole rings is 1. The molecule has 0 saturated heterocycles. The van der Waals surface area contributed by atoms with E-state index < -0.39 is 0 Å². The molecule has 1 N–H and O–H groups in total. The summed E-state index contributed by atoms with van der Waals surface area (Å²) in [7, 11) is 0. The van der Waals surface area contributed by atoms with E-state index in [1.165, 1.54) is 0 Å². The summed E-state index contributed by atoms with van der Waals surface area (Å²) in [5.41, 5.74) is 2.05. The fourth-order valence-corrected chi connectivity index (χ4v) is 2.98. The summed E-state index contributed by atoms with van der Waals surface area (Å²) in [6.07, 6.45) is 1.98. The second-order valence-corrected chi connectivity index (χ2v) is 5.88. The van der Waals surface area contributed by atoms with Crippen LogP contribution in [0.5, 0.6) is 0 Å². The minimum Gasteiger partial charge on any atom is -0.369 e. The fraction of sp³-hybridized carbons (Fsp3) is 0.462. The molecule has 0 spiro atoms. The summed E-state index contributed by atoms with van der Waals surface area (Å²) in [5.74, 6) is 1.56. The molecular weight excluding hydrogens is 324 g/mol. The number of halogens is 1. The summed E-state index contributed by atoms with van der Waals surface area (Å²) in [6.45, 7) is 7.02. The van der Waals surface area contributed by atoms with Crippen molar-refractivity contribution in [3.8, 4) is 10.8 Å². The second-order valence-electron chi connectivity index (χ2n) is 4.23. The first-order chi connectivity index (χ1) is 9.15. The van der Waals surface area contributed by atoms with Crippen LogP contribution in [0.4, 0.5) is 5.82 Å². The van der Waals surface area contributed by atoms with Crippen molar-refractivity contribution in [2.45, 2.75) is 33.6 Å². The van der Waals surface area contributed by atoms with Crippen LogP contribution >= 0.6 is 27.3 Å². The van der Waals surface area contributed by atoms with Gasteiger partial charge in [0, 0.05) is 17.6 Å². The first-order valence-corrected chi connectivity index (χ1v) is 8.05. The van der Waals surface area contributed by atoms with Gasteiger partial charge < -0.3 is 5.32 Å². The maximum absolute atomic E-state index is 4.64. The van der Waals surface area contributed by atoms with Crippen LogP contribution in [0.2, 0.25) is 0 Å². The predicted molar refractivity (Wildman–Crippen MR) is 83.7 cm³/mol. The first kappa shape index (κ1) is 14.4. The number of anilines is 1. The topological polar surface area (TPSA) is 50.7 Å². The molecule has 0 atom stereocenters. The average Bonchev–Trinajstić information content (AvgIpc) is 2.81. The third-order valence-electron chi connectivity index (χ3n) is 2.56. The van der Waals surface area contributed by atoms with Crippen LogP contribution in [-0.2, 0) is 6.42 Å². The van der Waals surface area contributed by atoms with Gasteiger partial charge in [0.1, 0.15) is 5.82 Å². The van der Waals surface area contributed by atoms with E-state index in [0.29, 0.717) is 5.82 Å². The van der Waals surface area contributed by atoms with Gasteiger partial charge >= 0.3 is 0 Å². The molecule has 0 saturated carbocycles. The first-order valence-electron chi connectivity index (χ1n) is 6.38. The molecule has 4 nitrogen and oxygen atoms in total. The molecule has 6 heteroatoms. The summed E-state index contributed by atoms with van der Waals surface area (Å²) < 4.78 is 0.966. The van der Waals surface area contributed by atoms with Gasteiger partial charge in [-0.1, -0.05) is 13.3 Å². The molecule has 0 fully saturated rings. The van der Waals surface area contributed by atoms with Crippen LogP contribution in [0.3, 0.4) is 0 Å². The minimum atomic E-state index is 0.709. The molecule has 2 aromatic rings. The molecule has 2 aromatic heterocycles. The summed E-state index contributed by atoms with van der Waals surface area (Å²) >= 11 is 5.17. The van der Waals surface area contributed by atoms with Gasteiger partial charge in [-0.25, -0.2) is 15.0 Å². The van der Waals surface area contributed by atoms with Crippen LogP contribution in [0, 0.1) is 6.92 Å². The van der Waals surface area contributed by atoms with Gasteiger partial charge in [-0.05, 0) is 36.2 Å². The van der Waals surface area contributed by atoms with Gasteiger partial charge in [-0.15, -0.1) is 11.3 Å². The molecule has 102 valence electrons. The van der Waals surface area contributed by atoms with E-state index in [0.717, 1.165) is 46.1 Å². The Balaban J connectivity index is 2.48. The van der Waals surface area contributed by atoms with Crippen LogP contribution in [-0.4, -0.2) is 21.5 Å². The van der Waals surface area contributed by atoms with Crippen molar-refractivity contribution in [2.75, 3.05) is 11.9 Å². The Morgan fingerprint density at radius 2 is 2.05 bits per heavy atom. The highest BCUT2D eigenvalue weighted by Crippen LogP contribution is 2.29. The number of aryl methyl sites for hydroxylation is 2. The monoisotopic (exact) mass is 340 g/mol. The number of hydrogen-bond acceptors (Lipinski definition) is 5. The lowest BCUT2D eigenvalue weighted by atomic mass is 10.2. The molecule has 0 unspecified atom stereocenters. The van der Waals surface area contributed by atoms with Gasteiger partial charge in [0.15, 0.2) is 10.8 Å². The van der Waals surface area contributed by atoms with Crippen molar-refractivity contribution < 1.29 is 0 Å². The van der Waals surface area contributed by atoms with E-state index in [1.54, 1.807) is 11.3 Å². The van der Waals surface area contributed by atoms with Crippen molar-refractivity contribution in [3.63, 3.8) is 0 Å². The predicted octanol–water partition coefficient (Wildman–Crippen LogP) is 4.06. The van der Waals surface area contributed by atoms with Gasteiger partial charge in [0.25, 0.3) is 0 Å². The number of nitrogens with one attached hydrogen (secondary N) is 1. The van der Waals surface area contributed by atoms with Gasteiger partial charge in [-0.2, -0.15) is 0 Å². The fourth-order valence-electron chi connectivity index (χ4n) is 1.73. The smallest absolute Gasteiger partial charge is 0.191 e. The van der Waals surface area contributed by atoms with Gasteiger partial charge in [-0.3, -0.25) is 0 Å². The largest absolute Gasteiger partial charge is 0.369 e. The Kier molecular flexibility index (Phi) is 4.87. The summed E-state index contributed by atoms with van der Waals surface area (Å²) in [4.78, 5) is 13.7. The molecule has 0 aliphatic heterocycles. The lowest BCUT2D eigenvalue weighted by molar-refractivity contribution is 0.867. The Morgan fingerprint density at radius 1 is 1.26 bits per heavy atom. The molecule has 0 aliphatic carbocycles. The molecule has 2 rings (SSSR count). The zero-order valence-corrected chi connectivity index (χ0v) is 13.7. The van der Waals surface area contributed by atoms with E-state index in [1.807, 2.05) is 12.3 Å². The van der Waals surface area contributed by atoms with Gasteiger partial charge in [0.05, 0.1) is 10.2 Å². The number of hydrogen-bond donors (Lipinski definition) is 1. The highest BCUT2D eigenvalue weighted by Gasteiger charge is 2.14. The number of nitrogens with zero attached hydrogens (tertiary/aromatic N) is 3. The van der Waals surface area contributed by atoms with E-state index in [9.17, 15) is 0 Å². The molecule has 0 aliphatic rings.